The number of H-pyrrole nitrogens is 1. The van der Waals surface area contributed by atoms with Gasteiger partial charge in [0.2, 0.25) is 0 Å². The number of aromatic amines is 1. The van der Waals surface area contributed by atoms with Gasteiger partial charge in [-0.3, -0.25) is 4.90 Å². The summed E-state index contributed by atoms with van der Waals surface area (Å²) in [4.78, 5) is 19.4. The summed E-state index contributed by atoms with van der Waals surface area (Å²) in [7, 11) is 0. The predicted molar refractivity (Wildman–Crippen MR) is 125 cm³/mol. The molecule has 4 nitrogen and oxygen atoms in total. The van der Waals surface area contributed by atoms with Gasteiger partial charge in [-0.25, -0.2) is 4.79 Å². The van der Waals surface area contributed by atoms with E-state index in [1.54, 1.807) is 11.3 Å². The Hall–Kier alpha value is -2.89. The minimum atomic E-state index is -0.256. The highest BCUT2D eigenvalue weighted by Crippen LogP contribution is 2.33. The minimum absolute atomic E-state index is 0.256. The van der Waals surface area contributed by atoms with E-state index in [1.807, 2.05) is 35.7 Å². The molecule has 5 rings (SSSR count). The fraction of sp³-hybridized carbons (Fsp3) is 0.269. The molecule has 1 aliphatic heterocycles. The molecule has 1 N–H and O–H groups in total. The number of piperidine rings is 1. The number of likely N-dealkylation sites (tertiary alicyclic amines) is 1. The molecule has 0 aliphatic carbocycles. The summed E-state index contributed by atoms with van der Waals surface area (Å²) in [6.07, 6.45) is 4.51. The Morgan fingerprint density at radius 1 is 1.06 bits per heavy atom. The van der Waals surface area contributed by atoms with E-state index in [1.165, 1.54) is 16.5 Å². The van der Waals surface area contributed by atoms with Crippen LogP contribution in [0.3, 0.4) is 0 Å². The van der Waals surface area contributed by atoms with Crippen LogP contribution in [0.2, 0.25) is 0 Å². The SMILES string of the molecule is O=C(OCc1cccs1)c1cccc(CN2CCC(c3c[nH]c4ccccc34)CC2)c1. The largest absolute Gasteiger partial charge is 0.456 e. The van der Waals surface area contributed by atoms with Gasteiger partial charge in [0.05, 0.1) is 5.56 Å². The molecule has 31 heavy (non-hydrogen) atoms. The molecule has 2 aromatic carbocycles. The average Bonchev–Trinajstić information content (AvgIpc) is 3.48. The number of para-hydroxylation sites is 1. The quantitative estimate of drug-likeness (QED) is 0.384. The van der Waals surface area contributed by atoms with Crippen LogP contribution < -0.4 is 0 Å². The predicted octanol–water partition coefficient (Wildman–Crippen LogP) is 5.97. The molecule has 2 aromatic heterocycles. The highest BCUT2D eigenvalue weighted by atomic mass is 32.1. The standard InChI is InChI=1S/C26H26N2O2S/c29-26(30-18-22-7-4-14-31-22)21-6-3-5-19(15-21)17-28-12-10-20(11-13-28)24-16-27-25-9-2-1-8-23(24)25/h1-9,14-16,20,27H,10-13,17-18H2. The van der Waals surface area contributed by atoms with Crippen molar-refractivity contribution < 1.29 is 9.53 Å². The van der Waals surface area contributed by atoms with Crippen molar-refractivity contribution >= 4 is 28.2 Å². The molecule has 0 radical (unpaired) electrons. The normalized spacial score (nSPS) is 15.4. The van der Waals surface area contributed by atoms with Crippen molar-refractivity contribution in [3.8, 4) is 0 Å². The number of aromatic nitrogens is 1. The number of nitrogens with one attached hydrogen (secondary N) is 1. The summed E-state index contributed by atoms with van der Waals surface area (Å²) in [6, 6.07) is 20.4. The molecule has 0 bridgehead atoms. The summed E-state index contributed by atoms with van der Waals surface area (Å²) in [6.45, 7) is 3.34. The molecular weight excluding hydrogens is 404 g/mol. The first-order valence-corrected chi connectivity index (χ1v) is 11.7. The molecule has 5 heteroatoms. The fourth-order valence-corrected chi connectivity index (χ4v) is 5.12. The van der Waals surface area contributed by atoms with Crippen LogP contribution >= 0.6 is 11.3 Å². The van der Waals surface area contributed by atoms with E-state index in [0.717, 1.165) is 42.9 Å². The number of benzene rings is 2. The zero-order chi connectivity index (χ0) is 21.0. The molecule has 0 atom stereocenters. The minimum Gasteiger partial charge on any atom is -0.456 e. The Bertz CT molecular complexity index is 1160. The lowest BCUT2D eigenvalue weighted by atomic mass is 9.89. The van der Waals surface area contributed by atoms with Crippen molar-refractivity contribution in [2.45, 2.75) is 31.9 Å². The zero-order valence-electron chi connectivity index (χ0n) is 17.4. The van der Waals surface area contributed by atoms with Gasteiger partial charge in [-0.15, -0.1) is 11.3 Å². The summed E-state index contributed by atoms with van der Waals surface area (Å²) in [5, 5.41) is 3.35. The van der Waals surface area contributed by atoms with Crippen LogP contribution in [0.5, 0.6) is 0 Å². The smallest absolute Gasteiger partial charge is 0.338 e. The number of carbonyl (C=O) groups excluding carboxylic acids is 1. The van der Waals surface area contributed by atoms with E-state index in [9.17, 15) is 4.79 Å². The number of hydrogen-bond acceptors (Lipinski definition) is 4. The molecule has 0 spiro atoms. The van der Waals surface area contributed by atoms with Crippen molar-refractivity contribution in [3.05, 3.63) is 93.8 Å². The molecule has 0 amide bonds. The van der Waals surface area contributed by atoms with Crippen LogP contribution in [0, 0.1) is 0 Å². The lowest BCUT2D eigenvalue weighted by molar-refractivity contribution is 0.0476. The Morgan fingerprint density at radius 3 is 2.77 bits per heavy atom. The summed E-state index contributed by atoms with van der Waals surface area (Å²) < 4.78 is 5.46. The van der Waals surface area contributed by atoms with Crippen LogP contribution in [0.25, 0.3) is 10.9 Å². The summed E-state index contributed by atoms with van der Waals surface area (Å²) in [5.41, 5.74) is 4.47. The Morgan fingerprint density at radius 2 is 1.94 bits per heavy atom. The lowest BCUT2D eigenvalue weighted by Crippen LogP contribution is -2.32. The number of rotatable bonds is 6. The van der Waals surface area contributed by atoms with Gasteiger partial charge in [-0.1, -0.05) is 36.4 Å². The van der Waals surface area contributed by atoms with E-state index in [0.29, 0.717) is 18.1 Å². The fourth-order valence-electron chi connectivity index (χ4n) is 4.50. The van der Waals surface area contributed by atoms with E-state index >= 15 is 0 Å². The number of carbonyl (C=O) groups is 1. The number of thiophene rings is 1. The number of esters is 1. The van der Waals surface area contributed by atoms with Gasteiger partial charge >= 0.3 is 5.97 Å². The van der Waals surface area contributed by atoms with E-state index in [2.05, 4.69) is 46.4 Å². The summed E-state index contributed by atoms with van der Waals surface area (Å²) >= 11 is 1.60. The van der Waals surface area contributed by atoms with Crippen molar-refractivity contribution in [1.82, 2.24) is 9.88 Å². The van der Waals surface area contributed by atoms with Crippen molar-refractivity contribution in [2.75, 3.05) is 13.1 Å². The second kappa shape index (κ2) is 9.08. The highest BCUT2D eigenvalue weighted by Gasteiger charge is 2.23. The summed E-state index contributed by atoms with van der Waals surface area (Å²) in [5.74, 6) is 0.347. The molecule has 0 saturated carbocycles. The first-order valence-electron chi connectivity index (χ1n) is 10.8. The Kier molecular flexibility index (Phi) is 5.87. The maximum atomic E-state index is 12.4. The number of hydrogen-bond donors (Lipinski definition) is 1. The van der Waals surface area contributed by atoms with E-state index in [4.69, 9.17) is 4.74 Å². The second-order valence-corrected chi connectivity index (χ2v) is 9.23. The van der Waals surface area contributed by atoms with Crippen LogP contribution in [0.1, 0.15) is 45.1 Å². The lowest BCUT2D eigenvalue weighted by Gasteiger charge is -2.32. The maximum absolute atomic E-state index is 12.4. The third kappa shape index (κ3) is 4.58. The number of ether oxygens (including phenoxy) is 1. The first-order chi connectivity index (χ1) is 15.3. The monoisotopic (exact) mass is 430 g/mol. The van der Waals surface area contributed by atoms with Crippen LogP contribution in [-0.4, -0.2) is 28.9 Å². The topological polar surface area (TPSA) is 45.3 Å². The molecule has 158 valence electrons. The molecule has 1 aliphatic rings. The van der Waals surface area contributed by atoms with E-state index in [-0.39, 0.29) is 5.97 Å². The first kappa shape index (κ1) is 20.0. The van der Waals surface area contributed by atoms with Crippen molar-refractivity contribution in [1.29, 1.82) is 0 Å². The van der Waals surface area contributed by atoms with Gasteiger partial charge in [-0.05, 0) is 72.6 Å². The Labute approximate surface area is 186 Å². The number of nitrogens with zero attached hydrogens (tertiary/aromatic N) is 1. The zero-order valence-corrected chi connectivity index (χ0v) is 18.2. The van der Waals surface area contributed by atoms with Gasteiger partial charge in [0, 0.05) is 28.5 Å². The van der Waals surface area contributed by atoms with Gasteiger partial charge in [0.15, 0.2) is 0 Å². The van der Waals surface area contributed by atoms with Gasteiger partial charge in [-0.2, -0.15) is 0 Å². The van der Waals surface area contributed by atoms with Gasteiger partial charge < -0.3 is 9.72 Å². The van der Waals surface area contributed by atoms with Crippen LogP contribution in [0.15, 0.2) is 72.2 Å². The van der Waals surface area contributed by atoms with Crippen molar-refractivity contribution in [3.63, 3.8) is 0 Å². The molecule has 4 aromatic rings. The molecule has 1 saturated heterocycles. The molecular formula is C26H26N2O2S. The third-order valence-electron chi connectivity index (χ3n) is 6.14. The van der Waals surface area contributed by atoms with Crippen LogP contribution in [0.4, 0.5) is 0 Å². The van der Waals surface area contributed by atoms with Crippen LogP contribution in [-0.2, 0) is 17.9 Å². The highest BCUT2D eigenvalue weighted by molar-refractivity contribution is 7.09. The second-order valence-electron chi connectivity index (χ2n) is 8.20. The van der Waals surface area contributed by atoms with Gasteiger partial charge in [0.25, 0.3) is 0 Å². The van der Waals surface area contributed by atoms with Gasteiger partial charge in [0.1, 0.15) is 6.61 Å². The molecule has 1 fully saturated rings. The van der Waals surface area contributed by atoms with E-state index < -0.39 is 0 Å². The average molecular weight is 431 g/mol. The maximum Gasteiger partial charge on any atom is 0.338 e. The molecule has 3 heterocycles. The third-order valence-corrected chi connectivity index (χ3v) is 6.99. The van der Waals surface area contributed by atoms with Crippen molar-refractivity contribution in [2.24, 2.45) is 0 Å². The molecule has 0 unspecified atom stereocenters. The number of fused-ring (bicyclic) bond motifs is 1. The Balaban J connectivity index is 1.18.